The standard InChI is InChI=1S/C15H18FN3S/c1-15(2,3)12-8-13(17)19-14(18-12)9-20-11-6-4-5-10(16)7-11/h4-8H,9H2,1-3H3,(H2,17,18,19). The molecule has 0 aliphatic carbocycles. The molecule has 0 atom stereocenters. The molecular weight excluding hydrogens is 273 g/mol. The fraction of sp³-hybridized carbons (Fsp3) is 0.333. The zero-order valence-electron chi connectivity index (χ0n) is 11.9. The molecule has 0 spiro atoms. The van der Waals surface area contributed by atoms with Crippen LogP contribution in [-0.4, -0.2) is 9.97 Å². The molecule has 0 aliphatic heterocycles. The van der Waals surface area contributed by atoms with Gasteiger partial charge in [0.2, 0.25) is 0 Å². The number of hydrogen-bond donors (Lipinski definition) is 1. The van der Waals surface area contributed by atoms with Crippen molar-refractivity contribution in [2.45, 2.75) is 36.8 Å². The highest BCUT2D eigenvalue weighted by atomic mass is 32.2. The van der Waals surface area contributed by atoms with Crippen LogP contribution in [0.5, 0.6) is 0 Å². The van der Waals surface area contributed by atoms with Gasteiger partial charge in [-0.1, -0.05) is 26.8 Å². The molecule has 0 saturated carbocycles. The van der Waals surface area contributed by atoms with Gasteiger partial charge in [-0.3, -0.25) is 0 Å². The van der Waals surface area contributed by atoms with Crippen molar-refractivity contribution in [2.24, 2.45) is 0 Å². The number of benzene rings is 1. The number of aromatic nitrogens is 2. The Hall–Kier alpha value is -1.62. The number of nitrogens with two attached hydrogens (primary N) is 1. The Balaban J connectivity index is 2.16. The van der Waals surface area contributed by atoms with E-state index < -0.39 is 0 Å². The number of hydrogen-bond acceptors (Lipinski definition) is 4. The first kappa shape index (κ1) is 14.8. The highest BCUT2D eigenvalue weighted by molar-refractivity contribution is 7.98. The first-order chi connectivity index (χ1) is 9.34. The van der Waals surface area contributed by atoms with Crippen LogP contribution in [0, 0.1) is 5.82 Å². The lowest BCUT2D eigenvalue weighted by atomic mass is 9.92. The zero-order valence-corrected chi connectivity index (χ0v) is 12.7. The summed E-state index contributed by atoms with van der Waals surface area (Å²) in [5.74, 6) is 1.47. The average molecular weight is 291 g/mol. The van der Waals surface area contributed by atoms with Crippen molar-refractivity contribution in [3.05, 3.63) is 47.7 Å². The topological polar surface area (TPSA) is 51.8 Å². The number of halogens is 1. The highest BCUT2D eigenvalue weighted by Crippen LogP contribution is 2.25. The first-order valence-corrected chi connectivity index (χ1v) is 7.35. The van der Waals surface area contributed by atoms with E-state index in [4.69, 9.17) is 5.73 Å². The van der Waals surface area contributed by atoms with E-state index in [0.717, 1.165) is 10.6 Å². The van der Waals surface area contributed by atoms with Gasteiger partial charge in [-0.15, -0.1) is 11.8 Å². The summed E-state index contributed by atoms with van der Waals surface area (Å²) in [6.45, 7) is 6.24. The van der Waals surface area contributed by atoms with Crippen LogP contribution in [0.1, 0.15) is 32.3 Å². The van der Waals surface area contributed by atoms with Crippen LogP contribution in [-0.2, 0) is 11.2 Å². The Morgan fingerprint density at radius 1 is 1.20 bits per heavy atom. The van der Waals surface area contributed by atoms with E-state index in [-0.39, 0.29) is 11.2 Å². The maximum atomic E-state index is 13.1. The van der Waals surface area contributed by atoms with Crippen LogP contribution in [0.25, 0.3) is 0 Å². The average Bonchev–Trinajstić information content (AvgIpc) is 2.35. The predicted octanol–water partition coefficient (Wildman–Crippen LogP) is 3.79. The second-order valence-electron chi connectivity index (χ2n) is 5.59. The Bertz CT molecular complexity index is 608. The zero-order chi connectivity index (χ0) is 14.8. The molecule has 106 valence electrons. The van der Waals surface area contributed by atoms with E-state index in [1.165, 1.54) is 23.9 Å². The number of nitrogens with zero attached hydrogens (tertiary/aromatic N) is 2. The molecule has 5 heteroatoms. The summed E-state index contributed by atoms with van der Waals surface area (Å²) < 4.78 is 13.1. The molecule has 2 N–H and O–H groups in total. The smallest absolute Gasteiger partial charge is 0.141 e. The number of nitrogen functional groups attached to an aromatic ring is 1. The lowest BCUT2D eigenvalue weighted by Crippen LogP contribution is -2.16. The molecule has 20 heavy (non-hydrogen) atoms. The van der Waals surface area contributed by atoms with Crippen molar-refractivity contribution in [3.63, 3.8) is 0 Å². The third kappa shape index (κ3) is 3.93. The summed E-state index contributed by atoms with van der Waals surface area (Å²) in [6, 6.07) is 8.29. The van der Waals surface area contributed by atoms with E-state index in [2.05, 4.69) is 30.7 Å². The third-order valence-electron chi connectivity index (χ3n) is 2.72. The largest absolute Gasteiger partial charge is 0.384 e. The Kier molecular flexibility index (Phi) is 4.28. The summed E-state index contributed by atoms with van der Waals surface area (Å²) >= 11 is 1.50. The maximum Gasteiger partial charge on any atom is 0.141 e. The van der Waals surface area contributed by atoms with Crippen molar-refractivity contribution in [1.29, 1.82) is 0 Å². The Morgan fingerprint density at radius 3 is 2.60 bits per heavy atom. The summed E-state index contributed by atoms with van der Waals surface area (Å²) in [4.78, 5) is 9.63. The second-order valence-corrected chi connectivity index (χ2v) is 6.64. The summed E-state index contributed by atoms with van der Waals surface area (Å²) in [6.07, 6.45) is 0. The van der Waals surface area contributed by atoms with Gasteiger partial charge >= 0.3 is 0 Å². The maximum absolute atomic E-state index is 13.1. The minimum absolute atomic E-state index is 0.0741. The third-order valence-corrected chi connectivity index (χ3v) is 3.71. The van der Waals surface area contributed by atoms with Gasteiger partial charge < -0.3 is 5.73 Å². The molecule has 2 aromatic rings. The minimum Gasteiger partial charge on any atom is -0.384 e. The van der Waals surface area contributed by atoms with E-state index >= 15 is 0 Å². The van der Waals surface area contributed by atoms with Crippen LogP contribution >= 0.6 is 11.8 Å². The highest BCUT2D eigenvalue weighted by Gasteiger charge is 2.17. The molecule has 3 nitrogen and oxygen atoms in total. The predicted molar refractivity (Wildman–Crippen MR) is 81.1 cm³/mol. The van der Waals surface area contributed by atoms with Crippen LogP contribution in [0.3, 0.4) is 0 Å². The molecular formula is C15H18FN3S. The number of rotatable bonds is 3. The summed E-state index contributed by atoms with van der Waals surface area (Å²) in [5, 5.41) is 0. The molecule has 1 heterocycles. The SMILES string of the molecule is CC(C)(C)c1cc(N)nc(CSc2cccc(F)c2)n1. The van der Waals surface area contributed by atoms with Crippen molar-refractivity contribution >= 4 is 17.6 Å². The molecule has 0 unspecified atom stereocenters. The normalized spacial score (nSPS) is 11.6. The Morgan fingerprint density at radius 2 is 1.95 bits per heavy atom. The molecule has 0 aliphatic rings. The van der Waals surface area contributed by atoms with Gasteiger partial charge in [0.25, 0.3) is 0 Å². The fourth-order valence-electron chi connectivity index (χ4n) is 1.67. The lowest BCUT2D eigenvalue weighted by Gasteiger charge is -2.18. The summed E-state index contributed by atoms with van der Waals surface area (Å²) in [5.41, 5.74) is 6.67. The van der Waals surface area contributed by atoms with Crippen molar-refractivity contribution in [2.75, 3.05) is 5.73 Å². The molecule has 0 saturated heterocycles. The van der Waals surface area contributed by atoms with Gasteiger partial charge in [0, 0.05) is 16.4 Å². The first-order valence-electron chi connectivity index (χ1n) is 6.37. The fourth-order valence-corrected chi connectivity index (χ4v) is 2.47. The van der Waals surface area contributed by atoms with Gasteiger partial charge in [-0.2, -0.15) is 0 Å². The van der Waals surface area contributed by atoms with Gasteiger partial charge in [0.1, 0.15) is 17.5 Å². The minimum atomic E-state index is -0.237. The molecule has 0 amide bonds. The van der Waals surface area contributed by atoms with Crippen molar-refractivity contribution < 1.29 is 4.39 Å². The molecule has 0 bridgehead atoms. The molecule has 1 aromatic carbocycles. The summed E-state index contributed by atoms with van der Waals surface area (Å²) in [7, 11) is 0. The van der Waals surface area contributed by atoms with E-state index in [9.17, 15) is 4.39 Å². The van der Waals surface area contributed by atoms with E-state index in [0.29, 0.717) is 17.4 Å². The molecule has 0 radical (unpaired) electrons. The molecule has 2 rings (SSSR count). The van der Waals surface area contributed by atoms with Gasteiger partial charge in [0.05, 0.1) is 11.4 Å². The molecule has 0 fully saturated rings. The van der Waals surface area contributed by atoms with Gasteiger partial charge in [-0.25, -0.2) is 14.4 Å². The van der Waals surface area contributed by atoms with E-state index in [1.807, 2.05) is 6.07 Å². The quantitative estimate of drug-likeness (QED) is 0.874. The van der Waals surface area contributed by atoms with Gasteiger partial charge in [0.15, 0.2) is 0 Å². The van der Waals surface area contributed by atoms with Crippen LogP contribution in [0.2, 0.25) is 0 Å². The van der Waals surface area contributed by atoms with Crippen molar-refractivity contribution in [1.82, 2.24) is 9.97 Å². The lowest BCUT2D eigenvalue weighted by molar-refractivity contribution is 0.564. The van der Waals surface area contributed by atoms with E-state index in [1.54, 1.807) is 12.1 Å². The number of thioether (sulfide) groups is 1. The van der Waals surface area contributed by atoms with Gasteiger partial charge in [-0.05, 0) is 18.2 Å². The number of anilines is 1. The second kappa shape index (κ2) is 5.79. The van der Waals surface area contributed by atoms with Crippen LogP contribution in [0.15, 0.2) is 35.2 Å². The molecule has 1 aromatic heterocycles. The van der Waals surface area contributed by atoms with Crippen molar-refractivity contribution in [3.8, 4) is 0 Å². The monoisotopic (exact) mass is 291 g/mol. The van der Waals surface area contributed by atoms with Crippen LogP contribution < -0.4 is 5.73 Å². The Labute approximate surface area is 122 Å². The van der Waals surface area contributed by atoms with Crippen LogP contribution in [0.4, 0.5) is 10.2 Å².